The van der Waals surface area contributed by atoms with E-state index in [0.717, 1.165) is 6.42 Å². The van der Waals surface area contributed by atoms with Crippen molar-refractivity contribution in [2.75, 3.05) is 0 Å². The molecule has 1 aliphatic rings. The van der Waals surface area contributed by atoms with Crippen LogP contribution in [0, 0.1) is 17.2 Å². The van der Waals surface area contributed by atoms with Gasteiger partial charge >= 0.3 is 0 Å². The molecule has 2 atom stereocenters. The molecule has 1 rings (SSSR count). The zero-order valence-electron chi connectivity index (χ0n) is 3.19. The summed E-state index contributed by atoms with van der Waals surface area (Å²) in [7, 11) is 0. The number of rotatable bonds is 0. The lowest BCUT2D eigenvalue weighted by atomic mass is 10.5. The van der Waals surface area contributed by atoms with Crippen molar-refractivity contribution < 1.29 is 0 Å². The van der Waals surface area contributed by atoms with E-state index in [9.17, 15) is 0 Å². The highest BCUT2D eigenvalue weighted by atomic mass is 127. The highest BCUT2D eigenvalue weighted by Crippen LogP contribution is 2.36. The lowest BCUT2D eigenvalue weighted by Crippen LogP contribution is -1.65. The molecule has 1 fully saturated rings. The third-order valence-electron chi connectivity index (χ3n) is 0.878. The van der Waals surface area contributed by atoms with E-state index in [0.29, 0.717) is 9.84 Å². The predicted octanol–water partition coefficient (Wildman–Crippen LogP) is 1.33. The minimum atomic E-state index is 0.394. The van der Waals surface area contributed by atoms with Crippen molar-refractivity contribution in [3.8, 4) is 6.07 Å². The second-order valence-corrected chi connectivity index (χ2v) is 3.09. The number of halogens is 1. The Morgan fingerprint density at radius 2 is 2.33 bits per heavy atom. The molecule has 1 saturated carbocycles. The molecular weight excluding hydrogens is 189 g/mol. The average Bonchev–Trinajstić information content (AvgIpc) is 2.19. The number of hydrogen-bond acceptors (Lipinski definition) is 1. The Balaban J connectivity index is 2.31. The Hall–Kier alpha value is 0.220. The smallest absolute Gasteiger partial charge is 0.0667 e. The Kier molecular flexibility index (Phi) is 1.00. The van der Waals surface area contributed by atoms with Crippen molar-refractivity contribution in [3.05, 3.63) is 0 Å². The van der Waals surface area contributed by atoms with E-state index in [-0.39, 0.29) is 0 Å². The minimum Gasteiger partial charge on any atom is -0.198 e. The van der Waals surface area contributed by atoms with Gasteiger partial charge in [-0.3, -0.25) is 0 Å². The van der Waals surface area contributed by atoms with Gasteiger partial charge in [-0.05, 0) is 6.42 Å². The Morgan fingerprint density at radius 3 is 2.33 bits per heavy atom. The first kappa shape index (κ1) is 4.38. The van der Waals surface area contributed by atoms with Gasteiger partial charge in [0.05, 0.1) is 12.0 Å². The van der Waals surface area contributed by atoms with Crippen molar-refractivity contribution in [1.82, 2.24) is 0 Å². The fraction of sp³-hybridized carbons (Fsp3) is 0.750. The van der Waals surface area contributed by atoms with Crippen LogP contribution in [-0.2, 0) is 0 Å². The monoisotopic (exact) mass is 193 g/mol. The molecule has 1 nitrogen and oxygen atoms in total. The topological polar surface area (TPSA) is 23.8 Å². The van der Waals surface area contributed by atoms with E-state index >= 15 is 0 Å². The quantitative estimate of drug-likeness (QED) is 0.420. The average molecular weight is 193 g/mol. The maximum atomic E-state index is 8.12. The summed E-state index contributed by atoms with van der Waals surface area (Å²) >= 11 is 2.29. The molecule has 0 radical (unpaired) electrons. The van der Waals surface area contributed by atoms with E-state index in [2.05, 4.69) is 28.7 Å². The molecule has 0 aromatic rings. The second-order valence-electron chi connectivity index (χ2n) is 1.49. The van der Waals surface area contributed by atoms with Gasteiger partial charge in [-0.15, -0.1) is 0 Å². The molecule has 0 N–H and O–H groups in total. The molecule has 0 bridgehead atoms. The molecule has 0 aromatic heterocycles. The summed E-state index contributed by atoms with van der Waals surface area (Å²) in [4.78, 5) is 0. The van der Waals surface area contributed by atoms with Crippen LogP contribution in [0.3, 0.4) is 0 Å². The van der Waals surface area contributed by atoms with Gasteiger partial charge in [0, 0.05) is 3.92 Å². The predicted molar refractivity (Wildman–Crippen MR) is 31.5 cm³/mol. The molecule has 1 aliphatic carbocycles. The number of hydrogen-bond donors (Lipinski definition) is 0. The number of nitriles is 1. The highest BCUT2D eigenvalue weighted by molar-refractivity contribution is 14.1. The van der Waals surface area contributed by atoms with E-state index in [4.69, 9.17) is 5.26 Å². The Bertz CT molecular complexity index is 94.2. The maximum absolute atomic E-state index is 8.12. The molecule has 0 aromatic carbocycles. The molecule has 0 spiro atoms. The second kappa shape index (κ2) is 1.38. The van der Waals surface area contributed by atoms with Gasteiger partial charge in [0.1, 0.15) is 0 Å². The number of alkyl halides is 1. The van der Waals surface area contributed by atoms with Gasteiger partial charge in [0.15, 0.2) is 0 Å². The first-order chi connectivity index (χ1) is 2.84. The molecule has 6 heavy (non-hydrogen) atoms. The molecule has 0 saturated heterocycles. The van der Waals surface area contributed by atoms with Gasteiger partial charge < -0.3 is 0 Å². The summed E-state index contributed by atoms with van der Waals surface area (Å²) in [5, 5.41) is 8.12. The Labute approximate surface area is 50.5 Å². The molecule has 0 aliphatic heterocycles. The van der Waals surface area contributed by atoms with Crippen molar-refractivity contribution in [2.24, 2.45) is 5.92 Å². The molecule has 2 heteroatoms. The molecule has 32 valence electrons. The van der Waals surface area contributed by atoms with Crippen LogP contribution in [0.15, 0.2) is 0 Å². The van der Waals surface area contributed by atoms with Gasteiger partial charge in [0.2, 0.25) is 0 Å². The zero-order valence-corrected chi connectivity index (χ0v) is 5.34. The SMILES string of the molecule is N#C[C@@H]1CC1I. The zero-order chi connectivity index (χ0) is 4.57. The maximum Gasteiger partial charge on any atom is 0.0667 e. The van der Waals surface area contributed by atoms with Crippen molar-refractivity contribution >= 4 is 22.6 Å². The van der Waals surface area contributed by atoms with Crippen LogP contribution >= 0.6 is 22.6 Å². The summed E-state index contributed by atoms with van der Waals surface area (Å²) in [6.45, 7) is 0. The normalized spacial score (nSPS) is 41.3. The molecule has 0 amide bonds. The van der Waals surface area contributed by atoms with Crippen LogP contribution in [-0.4, -0.2) is 3.92 Å². The standard InChI is InChI=1S/C4H4IN/c5-4-1-3(4)2-6/h3-4H,1H2/t3-,4?/m0/s1. The molecular formula is C4H4IN. The van der Waals surface area contributed by atoms with Crippen LogP contribution in [0.2, 0.25) is 0 Å². The fourth-order valence-corrected chi connectivity index (χ4v) is 1.01. The van der Waals surface area contributed by atoms with Gasteiger partial charge in [-0.25, -0.2) is 0 Å². The lowest BCUT2D eigenvalue weighted by Gasteiger charge is -1.62. The van der Waals surface area contributed by atoms with Crippen LogP contribution < -0.4 is 0 Å². The summed E-state index contributed by atoms with van der Waals surface area (Å²) < 4.78 is 0.674. The third kappa shape index (κ3) is 0.648. The van der Waals surface area contributed by atoms with Gasteiger partial charge in [-0.1, -0.05) is 22.6 Å². The third-order valence-corrected chi connectivity index (χ3v) is 2.26. The largest absolute Gasteiger partial charge is 0.198 e. The minimum absolute atomic E-state index is 0.394. The molecule has 1 unspecified atom stereocenters. The van der Waals surface area contributed by atoms with Crippen LogP contribution in [0.4, 0.5) is 0 Å². The van der Waals surface area contributed by atoms with E-state index in [1.165, 1.54) is 0 Å². The van der Waals surface area contributed by atoms with Crippen LogP contribution in [0.25, 0.3) is 0 Å². The summed E-state index contributed by atoms with van der Waals surface area (Å²) in [6.07, 6.45) is 1.12. The van der Waals surface area contributed by atoms with E-state index in [1.807, 2.05) is 0 Å². The van der Waals surface area contributed by atoms with E-state index in [1.54, 1.807) is 0 Å². The summed E-state index contributed by atoms with van der Waals surface area (Å²) in [6, 6.07) is 2.18. The fourth-order valence-electron chi connectivity index (χ4n) is 0.298. The Morgan fingerprint density at radius 1 is 1.83 bits per heavy atom. The van der Waals surface area contributed by atoms with E-state index < -0.39 is 0 Å². The highest BCUT2D eigenvalue weighted by Gasteiger charge is 2.34. The lowest BCUT2D eigenvalue weighted by molar-refractivity contribution is 1.15. The van der Waals surface area contributed by atoms with Crippen molar-refractivity contribution in [2.45, 2.75) is 10.3 Å². The summed E-state index contributed by atoms with van der Waals surface area (Å²) in [5.74, 6) is 0.394. The van der Waals surface area contributed by atoms with Crippen LogP contribution in [0.5, 0.6) is 0 Å². The van der Waals surface area contributed by atoms with Gasteiger partial charge in [0.25, 0.3) is 0 Å². The first-order valence-electron chi connectivity index (χ1n) is 1.88. The van der Waals surface area contributed by atoms with Crippen molar-refractivity contribution in [3.63, 3.8) is 0 Å². The first-order valence-corrected chi connectivity index (χ1v) is 3.13. The number of nitrogens with zero attached hydrogens (tertiary/aromatic N) is 1. The van der Waals surface area contributed by atoms with Crippen LogP contribution in [0.1, 0.15) is 6.42 Å². The molecule has 0 heterocycles. The van der Waals surface area contributed by atoms with Crippen molar-refractivity contribution in [1.29, 1.82) is 5.26 Å². The summed E-state index contributed by atoms with van der Waals surface area (Å²) in [5.41, 5.74) is 0. The van der Waals surface area contributed by atoms with Gasteiger partial charge in [-0.2, -0.15) is 5.26 Å².